The van der Waals surface area contributed by atoms with Crippen molar-refractivity contribution in [2.75, 3.05) is 0 Å². The van der Waals surface area contributed by atoms with Crippen molar-refractivity contribution in [2.24, 2.45) is 5.92 Å². The van der Waals surface area contributed by atoms with Gasteiger partial charge in [0.1, 0.15) is 5.92 Å². The smallest absolute Gasteiger partial charge is 0.182 e. The number of aromatic nitrogens is 4. The second-order valence-electron chi connectivity index (χ2n) is 4.26. The molecule has 0 atom stereocenters. The van der Waals surface area contributed by atoms with E-state index in [4.69, 9.17) is 0 Å². The summed E-state index contributed by atoms with van der Waals surface area (Å²) in [5.41, 5.74) is 0. The summed E-state index contributed by atoms with van der Waals surface area (Å²) in [7, 11) is 0. The van der Waals surface area contributed by atoms with Crippen molar-refractivity contribution in [3.63, 3.8) is 0 Å². The van der Waals surface area contributed by atoms with E-state index in [1.807, 2.05) is 6.92 Å². The van der Waals surface area contributed by atoms with Gasteiger partial charge < -0.3 is 0 Å². The predicted octanol–water partition coefficient (Wildman–Crippen LogP) is -0.257. The molecule has 0 bridgehead atoms. The Morgan fingerprint density at radius 3 is 2.56 bits per heavy atom. The standard InChI is InChI=1S/C11H14N4O3/c1-2-15-13-10(12-14-15)6-9(18)11-7(16)4-3-5-8(11)17/h11H,2-6H2,1H3. The first-order valence-electron chi connectivity index (χ1n) is 5.96. The normalized spacial score (nSPS) is 17.2. The van der Waals surface area contributed by atoms with Crippen LogP contribution in [-0.4, -0.2) is 37.6 Å². The summed E-state index contributed by atoms with van der Waals surface area (Å²) in [6.45, 7) is 2.41. The zero-order chi connectivity index (χ0) is 13.1. The molecule has 0 saturated heterocycles. The minimum Gasteiger partial charge on any atom is -0.298 e. The lowest BCUT2D eigenvalue weighted by Gasteiger charge is -2.17. The Morgan fingerprint density at radius 2 is 2.00 bits per heavy atom. The third kappa shape index (κ3) is 2.49. The maximum atomic E-state index is 11.9. The molecule has 0 radical (unpaired) electrons. The van der Waals surface area contributed by atoms with Gasteiger partial charge in [0.05, 0.1) is 13.0 Å². The van der Waals surface area contributed by atoms with Crippen molar-refractivity contribution < 1.29 is 14.4 Å². The summed E-state index contributed by atoms with van der Waals surface area (Å²) in [5.74, 6) is -1.82. The van der Waals surface area contributed by atoms with Crippen LogP contribution < -0.4 is 0 Å². The van der Waals surface area contributed by atoms with Crippen LogP contribution in [-0.2, 0) is 27.3 Å². The van der Waals surface area contributed by atoms with E-state index in [-0.39, 0.29) is 23.8 Å². The van der Waals surface area contributed by atoms with Crippen LogP contribution in [0.2, 0.25) is 0 Å². The SMILES string of the molecule is CCn1nnc(CC(=O)C2C(=O)CCCC2=O)n1. The maximum Gasteiger partial charge on any atom is 0.182 e. The average molecular weight is 250 g/mol. The summed E-state index contributed by atoms with van der Waals surface area (Å²) < 4.78 is 0. The van der Waals surface area contributed by atoms with Gasteiger partial charge in [-0.15, -0.1) is 10.2 Å². The van der Waals surface area contributed by atoms with Crippen LogP contribution in [0, 0.1) is 5.92 Å². The first kappa shape index (κ1) is 12.5. The Balaban J connectivity index is 2.06. The minimum absolute atomic E-state index is 0.109. The van der Waals surface area contributed by atoms with Gasteiger partial charge in [0, 0.05) is 12.8 Å². The van der Waals surface area contributed by atoms with Gasteiger partial charge in [-0.05, 0) is 18.6 Å². The monoisotopic (exact) mass is 250 g/mol. The zero-order valence-electron chi connectivity index (χ0n) is 10.1. The molecule has 0 spiro atoms. The number of rotatable bonds is 4. The highest BCUT2D eigenvalue weighted by Crippen LogP contribution is 2.19. The van der Waals surface area contributed by atoms with Crippen molar-refractivity contribution in [1.29, 1.82) is 0 Å². The second kappa shape index (κ2) is 5.16. The summed E-state index contributed by atoms with van der Waals surface area (Å²) in [5, 5.41) is 11.4. The maximum absolute atomic E-state index is 11.9. The number of carbonyl (C=O) groups excluding carboxylic acids is 3. The molecule has 7 nitrogen and oxygen atoms in total. The van der Waals surface area contributed by atoms with Gasteiger partial charge in [-0.25, -0.2) is 0 Å². The summed E-state index contributed by atoms with van der Waals surface area (Å²) in [6.07, 6.45) is 1.04. The van der Waals surface area contributed by atoms with Crippen molar-refractivity contribution in [3.8, 4) is 0 Å². The molecule has 1 heterocycles. The van der Waals surface area contributed by atoms with Crippen molar-refractivity contribution >= 4 is 17.3 Å². The molecular weight excluding hydrogens is 236 g/mol. The average Bonchev–Trinajstić information content (AvgIpc) is 2.76. The molecule has 0 unspecified atom stereocenters. The zero-order valence-corrected chi connectivity index (χ0v) is 10.1. The number of hydrogen-bond acceptors (Lipinski definition) is 6. The lowest BCUT2D eigenvalue weighted by molar-refractivity contribution is -0.141. The van der Waals surface area contributed by atoms with E-state index >= 15 is 0 Å². The quantitative estimate of drug-likeness (QED) is 0.683. The van der Waals surface area contributed by atoms with Gasteiger partial charge in [-0.2, -0.15) is 4.80 Å². The molecule has 1 aliphatic carbocycles. The fourth-order valence-electron chi connectivity index (χ4n) is 2.00. The van der Waals surface area contributed by atoms with Crippen molar-refractivity contribution in [3.05, 3.63) is 5.82 Å². The molecule has 0 amide bonds. The van der Waals surface area contributed by atoms with Gasteiger partial charge in [0.15, 0.2) is 23.2 Å². The van der Waals surface area contributed by atoms with Crippen molar-refractivity contribution in [1.82, 2.24) is 20.2 Å². The Hall–Kier alpha value is -1.92. The van der Waals surface area contributed by atoms with Crippen LogP contribution in [0.25, 0.3) is 0 Å². The molecule has 1 aliphatic rings. The largest absolute Gasteiger partial charge is 0.298 e. The Morgan fingerprint density at radius 1 is 1.33 bits per heavy atom. The highest BCUT2D eigenvalue weighted by Gasteiger charge is 2.36. The molecule has 0 aliphatic heterocycles. The number of ketones is 3. The lowest BCUT2D eigenvalue weighted by Crippen LogP contribution is -2.36. The van der Waals surface area contributed by atoms with Crippen LogP contribution in [0.15, 0.2) is 0 Å². The van der Waals surface area contributed by atoms with Crippen molar-refractivity contribution in [2.45, 2.75) is 39.2 Å². The van der Waals surface area contributed by atoms with Gasteiger partial charge >= 0.3 is 0 Å². The van der Waals surface area contributed by atoms with E-state index in [1.54, 1.807) is 0 Å². The number of nitrogens with zero attached hydrogens (tertiary/aromatic N) is 4. The minimum atomic E-state index is -1.10. The van der Waals surface area contributed by atoms with Gasteiger partial charge in [0.25, 0.3) is 0 Å². The van der Waals surface area contributed by atoms with E-state index in [1.165, 1.54) is 4.80 Å². The molecule has 7 heteroatoms. The molecule has 1 saturated carbocycles. The first-order chi connectivity index (χ1) is 8.61. The Labute approximate surface area is 104 Å². The first-order valence-corrected chi connectivity index (χ1v) is 5.96. The fourth-order valence-corrected chi connectivity index (χ4v) is 2.00. The van der Waals surface area contributed by atoms with E-state index in [0.29, 0.717) is 25.8 Å². The molecular formula is C11H14N4O3. The van der Waals surface area contributed by atoms with Crippen LogP contribution in [0.1, 0.15) is 32.0 Å². The third-order valence-electron chi connectivity index (χ3n) is 2.92. The number of aryl methyl sites for hydroxylation is 1. The summed E-state index contributed by atoms with van der Waals surface area (Å²) in [4.78, 5) is 36.5. The van der Waals surface area contributed by atoms with E-state index in [2.05, 4.69) is 15.4 Å². The van der Waals surface area contributed by atoms with Crippen LogP contribution in [0.4, 0.5) is 0 Å². The van der Waals surface area contributed by atoms with Gasteiger partial charge in [0.2, 0.25) is 0 Å². The predicted molar refractivity (Wildman–Crippen MR) is 59.6 cm³/mol. The summed E-state index contributed by atoms with van der Waals surface area (Å²) in [6, 6.07) is 0. The molecule has 96 valence electrons. The van der Waals surface area contributed by atoms with Gasteiger partial charge in [-0.3, -0.25) is 14.4 Å². The molecule has 1 fully saturated rings. The van der Waals surface area contributed by atoms with Crippen LogP contribution in [0.5, 0.6) is 0 Å². The van der Waals surface area contributed by atoms with E-state index in [9.17, 15) is 14.4 Å². The molecule has 1 aromatic heterocycles. The topological polar surface area (TPSA) is 94.8 Å². The molecule has 18 heavy (non-hydrogen) atoms. The summed E-state index contributed by atoms with van der Waals surface area (Å²) >= 11 is 0. The molecule has 1 aromatic rings. The second-order valence-corrected chi connectivity index (χ2v) is 4.26. The number of carbonyl (C=O) groups is 3. The molecule has 0 aromatic carbocycles. The highest BCUT2D eigenvalue weighted by atomic mass is 16.2. The number of hydrogen-bond donors (Lipinski definition) is 0. The van der Waals surface area contributed by atoms with Crippen LogP contribution in [0.3, 0.4) is 0 Å². The molecule has 2 rings (SSSR count). The Bertz CT molecular complexity index is 478. The van der Waals surface area contributed by atoms with E-state index in [0.717, 1.165) is 0 Å². The number of Topliss-reactive ketones (excluding diaryl/α,β-unsaturated/α-hetero) is 3. The Kier molecular flexibility index (Phi) is 3.59. The van der Waals surface area contributed by atoms with E-state index < -0.39 is 11.7 Å². The fraction of sp³-hybridized carbons (Fsp3) is 0.636. The lowest BCUT2D eigenvalue weighted by atomic mass is 9.83. The van der Waals surface area contributed by atoms with Crippen LogP contribution >= 0.6 is 0 Å². The third-order valence-corrected chi connectivity index (χ3v) is 2.92. The highest BCUT2D eigenvalue weighted by molar-refractivity contribution is 6.20. The van der Waals surface area contributed by atoms with Gasteiger partial charge in [-0.1, -0.05) is 0 Å². The number of tetrazole rings is 1. The molecule has 0 N–H and O–H groups in total.